The van der Waals surface area contributed by atoms with E-state index in [2.05, 4.69) is 4.98 Å². The van der Waals surface area contributed by atoms with E-state index in [1.807, 2.05) is 25.1 Å². The first-order valence-corrected chi connectivity index (χ1v) is 7.88. The Morgan fingerprint density at radius 2 is 1.92 bits per heavy atom. The van der Waals surface area contributed by atoms with Crippen LogP contribution >= 0.6 is 0 Å². The second kappa shape index (κ2) is 7.13. The molecule has 0 unspecified atom stereocenters. The van der Waals surface area contributed by atoms with Crippen molar-refractivity contribution >= 4 is 11.5 Å². The van der Waals surface area contributed by atoms with Gasteiger partial charge in [0.15, 0.2) is 0 Å². The normalized spacial score (nSPS) is 13.5. The largest absolute Gasteiger partial charge is 1.00 e. The van der Waals surface area contributed by atoms with Crippen LogP contribution in [0.2, 0.25) is 0 Å². The van der Waals surface area contributed by atoms with E-state index in [1.54, 1.807) is 18.6 Å². The molecule has 0 radical (unpaired) electrons. The van der Waals surface area contributed by atoms with E-state index in [1.165, 1.54) is 10.5 Å². The molecule has 0 spiro atoms. The van der Waals surface area contributed by atoms with Gasteiger partial charge in [0.1, 0.15) is 0 Å². The molecule has 0 amide bonds. The summed E-state index contributed by atoms with van der Waals surface area (Å²) in [7, 11) is 0. The molecule has 1 aliphatic rings. The van der Waals surface area contributed by atoms with Gasteiger partial charge in [-0.25, -0.2) is 0 Å². The molecule has 3 aromatic heterocycles. The van der Waals surface area contributed by atoms with Gasteiger partial charge in [0.05, 0.1) is 17.0 Å². The number of carboxylic acids is 1. The molecular weight excluding hydrogens is 343 g/mol. The molecule has 120 valence electrons. The molecule has 25 heavy (non-hydrogen) atoms. The summed E-state index contributed by atoms with van der Waals surface area (Å²) in [6.07, 6.45) is 7.13. The Balaban J connectivity index is 0.00000182. The van der Waals surface area contributed by atoms with Gasteiger partial charge in [0.25, 0.3) is 5.56 Å². The van der Waals surface area contributed by atoms with Crippen molar-refractivity contribution < 1.29 is 61.3 Å². The van der Waals surface area contributed by atoms with Crippen molar-refractivity contribution in [2.75, 3.05) is 0 Å². The zero-order valence-corrected chi connectivity index (χ0v) is 17.3. The summed E-state index contributed by atoms with van der Waals surface area (Å²) < 4.78 is 1.44. The number of hydrogen-bond acceptors (Lipinski definition) is 4. The van der Waals surface area contributed by atoms with E-state index in [0.29, 0.717) is 5.92 Å². The number of hydrogen-bond donors (Lipinski definition) is 0. The van der Waals surface area contributed by atoms with Crippen molar-refractivity contribution in [2.24, 2.45) is 0 Å². The molecule has 1 fully saturated rings. The second-order valence-corrected chi connectivity index (χ2v) is 6.19. The Labute approximate surface area is 187 Å². The maximum atomic E-state index is 12.5. The number of aromatic carboxylic acids is 1. The number of pyridine rings is 3. The van der Waals surface area contributed by atoms with Crippen molar-refractivity contribution in [3.63, 3.8) is 0 Å². The van der Waals surface area contributed by atoms with Gasteiger partial charge in [-0.3, -0.25) is 14.2 Å². The third-order valence-corrected chi connectivity index (χ3v) is 4.64. The molecule has 5 nitrogen and oxygen atoms in total. The third kappa shape index (κ3) is 3.25. The van der Waals surface area contributed by atoms with Crippen LogP contribution in [-0.4, -0.2) is 15.4 Å². The summed E-state index contributed by atoms with van der Waals surface area (Å²) >= 11 is 0. The van der Waals surface area contributed by atoms with Crippen LogP contribution in [0.1, 0.15) is 40.2 Å². The second-order valence-electron chi connectivity index (χ2n) is 6.19. The summed E-state index contributed by atoms with van der Waals surface area (Å²) in [4.78, 5) is 27.8. The molecule has 0 bridgehead atoms. The van der Waals surface area contributed by atoms with E-state index in [-0.39, 0.29) is 56.9 Å². The van der Waals surface area contributed by atoms with Crippen molar-refractivity contribution in [3.8, 4) is 11.1 Å². The van der Waals surface area contributed by atoms with Crippen LogP contribution in [0, 0.1) is 6.92 Å². The molecule has 3 aromatic rings. The molecule has 0 N–H and O–H groups in total. The number of carboxylic acid groups (broad SMARTS) is 1. The van der Waals surface area contributed by atoms with Gasteiger partial charge in [0, 0.05) is 18.6 Å². The smallest absolute Gasteiger partial charge is 0.545 e. The summed E-state index contributed by atoms with van der Waals surface area (Å²) in [5, 5.41) is 11.3. The molecule has 3 heterocycles. The summed E-state index contributed by atoms with van der Waals surface area (Å²) in [6.45, 7) is 1.97. The van der Waals surface area contributed by atoms with Gasteiger partial charge in [-0.1, -0.05) is 0 Å². The SMILES string of the molecule is Cc1c(-c2ccncc2)ccn2c(=O)c(C(=O)[O-])cc(C3CC3)c12.[K+]. The maximum Gasteiger partial charge on any atom is 1.00 e. The number of carbonyl (C=O) groups excluding carboxylic acids is 1. The van der Waals surface area contributed by atoms with E-state index in [0.717, 1.165) is 40.6 Å². The Morgan fingerprint density at radius 3 is 2.52 bits per heavy atom. The third-order valence-electron chi connectivity index (χ3n) is 4.64. The van der Waals surface area contributed by atoms with Gasteiger partial charge < -0.3 is 9.90 Å². The van der Waals surface area contributed by atoms with Gasteiger partial charge in [-0.2, -0.15) is 0 Å². The number of fused-ring (bicyclic) bond motifs is 1. The van der Waals surface area contributed by atoms with E-state index in [9.17, 15) is 14.7 Å². The number of aromatic nitrogens is 2. The predicted molar refractivity (Wildman–Crippen MR) is 87.9 cm³/mol. The van der Waals surface area contributed by atoms with Crippen LogP contribution in [0.3, 0.4) is 0 Å². The predicted octanol–water partition coefficient (Wildman–Crippen LogP) is -1.09. The van der Waals surface area contributed by atoms with Crippen LogP contribution in [0.15, 0.2) is 47.7 Å². The topological polar surface area (TPSA) is 74.5 Å². The fourth-order valence-electron chi connectivity index (χ4n) is 3.29. The van der Waals surface area contributed by atoms with Crippen molar-refractivity contribution in [1.82, 2.24) is 9.38 Å². The molecule has 0 atom stereocenters. The molecule has 0 aliphatic heterocycles. The molecule has 1 saturated carbocycles. The Morgan fingerprint density at radius 1 is 1.24 bits per heavy atom. The summed E-state index contributed by atoms with van der Waals surface area (Å²) in [5.41, 5.74) is 3.91. The van der Waals surface area contributed by atoms with Gasteiger partial charge >= 0.3 is 51.4 Å². The average molecular weight is 358 g/mol. The van der Waals surface area contributed by atoms with Crippen LogP contribution < -0.4 is 62.1 Å². The number of rotatable bonds is 3. The van der Waals surface area contributed by atoms with E-state index < -0.39 is 11.5 Å². The van der Waals surface area contributed by atoms with E-state index >= 15 is 0 Å². The molecule has 0 saturated heterocycles. The van der Waals surface area contributed by atoms with Crippen LogP contribution in [0.5, 0.6) is 0 Å². The Kier molecular flexibility index (Phi) is 5.27. The monoisotopic (exact) mass is 358 g/mol. The van der Waals surface area contributed by atoms with Crippen molar-refractivity contribution in [3.05, 3.63) is 69.9 Å². The first-order chi connectivity index (χ1) is 11.6. The number of carbonyl (C=O) groups is 1. The number of aryl methyl sites for hydroxylation is 1. The quantitative estimate of drug-likeness (QED) is 0.558. The Hall–Kier alpha value is -1.31. The average Bonchev–Trinajstić information content (AvgIpc) is 3.41. The first kappa shape index (κ1) is 18.5. The van der Waals surface area contributed by atoms with Crippen LogP contribution in [-0.2, 0) is 0 Å². The number of nitrogens with zero attached hydrogens (tertiary/aromatic N) is 2. The summed E-state index contributed by atoms with van der Waals surface area (Å²) in [6, 6.07) is 7.19. The zero-order chi connectivity index (χ0) is 16.8. The minimum absolute atomic E-state index is 0. The maximum absolute atomic E-state index is 12.5. The molecule has 6 heteroatoms. The fourth-order valence-corrected chi connectivity index (χ4v) is 3.29. The summed E-state index contributed by atoms with van der Waals surface area (Å²) in [5.74, 6) is -1.11. The van der Waals surface area contributed by atoms with E-state index in [4.69, 9.17) is 0 Å². The zero-order valence-electron chi connectivity index (χ0n) is 14.2. The van der Waals surface area contributed by atoms with Crippen molar-refractivity contribution in [1.29, 1.82) is 0 Å². The molecular formula is C19H15KN2O3. The minimum Gasteiger partial charge on any atom is -0.545 e. The molecule has 4 rings (SSSR count). The minimum atomic E-state index is -1.42. The van der Waals surface area contributed by atoms with Gasteiger partial charge in [0.2, 0.25) is 0 Å². The Bertz CT molecular complexity index is 1020. The van der Waals surface area contributed by atoms with Gasteiger partial charge in [-0.15, -0.1) is 0 Å². The molecule has 1 aliphatic carbocycles. The van der Waals surface area contributed by atoms with Crippen molar-refractivity contribution in [2.45, 2.75) is 25.7 Å². The fraction of sp³-hybridized carbons (Fsp3) is 0.211. The molecule has 0 aromatic carbocycles. The van der Waals surface area contributed by atoms with Crippen LogP contribution in [0.4, 0.5) is 0 Å². The first-order valence-electron chi connectivity index (χ1n) is 7.88. The standard InChI is InChI=1S/C19H16N2O3.K/c1-11-14(13-4-7-20-8-5-13)6-9-21-17(11)15(12-2-3-12)10-16(18(21)22)19(23)24;/h4-10,12H,2-3H2,1H3,(H,23,24);/q;+1/p-1. The van der Waals surface area contributed by atoms with Crippen LogP contribution in [0.25, 0.3) is 16.6 Å². The van der Waals surface area contributed by atoms with Gasteiger partial charge in [-0.05, 0) is 72.2 Å².